The Morgan fingerprint density at radius 2 is 2.00 bits per heavy atom. The number of benzene rings is 1. The molecule has 1 saturated carbocycles. The lowest BCUT2D eigenvalue weighted by atomic mass is 10.0. The van der Waals surface area contributed by atoms with E-state index in [0.29, 0.717) is 16.6 Å². The molecule has 5 heteroatoms. The van der Waals surface area contributed by atoms with Crippen molar-refractivity contribution in [2.24, 2.45) is 0 Å². The van der Waals surface area contributed by atoms with Gasteiger partial charge in [-0.2, -0.15) is 0 Å². The fraction of sp³-hybridized carbons (Fsp3) is 0.389. The average Bonchev–Trinajstić information content (AvgIpc) is 3.28. The van der Waals surface area contributed by atoms with E-state index in [0.717, 1.165) is 16.8 Å². The largest absolute Gasteiger partial charge is 0.302 e. The average molecular weight is 328 g/mol. The summed E-state index contributed by atoms with van der Waals surface area (Å²) < 4.78 is 0. The minimum atomic E-state index is -0.154. The molecule has 0 unspecified atom stereocenters. The maximum absolute atomic E-state index is 12.2. The van der Waals surface area contributed by atoms with E-state index in [9.17, 15) is 9.59 Å². The number of ketones is 1. The van der Waals surface area contributed by atoms with Crippen molar-refractivity contribution in [3.8, 4) is 0 Å². The minimum absolute atomic E-state index is 0.000980. The Labute approximate surface area is 140 Å². The lowest BCUT2D eigenvalue weighted by Crippen LogP contribution is -2.13. The summed E-state index contributed by atoms with van der Waals surface area (Å²) in [6.07, 6.45) is 2.79. The van der Waals surface area contributed by atoms with Gasteiger partial charge in [-0.15, -0.1) is 11.3 Å². The first-order chi connectivity index (χ1) is 11.0. The number of carbonyl (C=O) groups is 2. The second kappa shape index (κ2) is 6.62. The number of aryl methyl sites for hydroxylation is 2. The lowest BCUT2D eigenvalue weighted by molar-refractivity contribution is -0.116. The smallest absolute Gasteiger partial charge is 0.226 e. The monoisotopic (exact) mass is 328 g/mol. The molecule has 1 heterocycles. The predicted molar refractivity (Wildman–Crippen MR) is 92.2 cm³/mol. The van der Waals surface area contributed by atoms with Gasteiger partial charge in [0.2, 0.25) is 5.91 Å². The molecule has 0 spiro atoms. The predicted octanol–water partition coefficient (Wildman–Crippen LogP) is 4.24. The molecular formula is C18H20N2O2S. The molecule has 0 saturated heterocycles. The van der Waals surface area contributed by atoms with Crippen LogP contribution >= 0.6 is 11.3 Å². The molecule has 1 N–H and O–H groups in total. The second-order valence-corrected chi connectivity index (χ2v) is 6.98. The van der Waals surface area contributed by atoms with Crippen molar-refractivity contribution in [2.75, 3.05) is 5.32 Å². The zero-order chi connectivity index (χ0) is 16.4. The number of aromatic nitrogens is 1. The number of hydrogen-bond donors (Lipinski definition) is 1. The van der Waals surface area contributed by atoms with Crippen LogP contribution in [0.3, 0.4) is 0 Å². The summed E-state index contributed by atoms with van der Waals surface area (Å²) >= 11 is 1.45. The van der Waals surface area contributed by atoms with Crippen LogP contribution < -0.4 is 5.32 Å². The molecule has 1 aromatic carbocycles. The molecule has 4 nitrogen and oxygen atoms in total. The topological polar surface area (TPSA) is 59.1 Å². The van der Waals surface area contributed by atoms with Crippen molar-refractivity contribution in [3.05, 3.63) is 46.0 Å². The van der Waals surface area contributed by atoms with Crippen molar-refractivity contribution in [1.29, 1.82) is 0 Å². The molecular weight excluding hydrogens is 308 g/mol. The molecule has 120 valence electrons. The highest BCUT2D eigenvalue weighted by Crippen LogP contribution is 2.40. The van der Waals surface area contributed by atoms with Crippen LogP contribution in [0.1, 0.15) is 58.8 Å². The van der Waals surface area contributed by atoms with Gasteiger partial charge >= 0.3 is 0 Å². The standard InChI is InChI=1S/C18H20N2O2S/c1-11-3-4-14(9-12(11)2)16(21)7-8-17(22)20-18-19-15(10-23-18)13-5-6-13/h3-4,9-10,13H,5-8H2,1-2H3,(H,19,20,22). The third-order valence-corrected chi connectivity index (χ3v) is 4.95. The highest BCUT2D eigenvalue weighted by molar-refractivity contribution is 7.13. The number of nitrogens with one attached hydrogen (secondary N) is 1. The fourth-order valence-electron chi connectivity index (χ4n) is 2.38. The normalized spacial score (nSPS) is 13.8. The summed E-state index contributed by atoms with van der Waals surface area (Å²) in [4.78, 5) is 28.6. The Morgan fingerprint density at radius 1 is 1.22 bits per heavy atom. The Morgan fingerprint density at radius 3 is 2.70 bits per heavy atom. The van der Waals surface area contributed by atoms with Crippen LogP contribution in [0.25, 0.3) is 0 Å². The van der Waals surface area contributed by atoms with Gasteiger partial charge in [-0.05, 0) is 43.9 Å². The van der Waals surface area contributed by atoms with Gasteiger partial charge in [0, 0.05) is 29.7 Å². The number of nitrogens with zero attached hydrogens (tertiary/aromatic N) is 1. The molecule has 2 aromatic rings. The van der Waals surface area contributed by atoms with Crippen molar-refractivity contribution in [1.82, 2.24) is 4.98 Å². The maximum atomic E-state index is 12.2. The van der Waals surface area contributed by atoms with Gasteiger partial charge in [0.1, 0.15) is 0 Å². The van der Waals surface area contributed by atoms with Gasteiger partial charge in [-0.3, -0.25) is 9.59 Å². The van der Waals surface area contributed by atoms with E-state index >= 15 is 0 Å². The van der Waals surface area contributed by atoms with Crippen molar-refractivity contribution in [2.45, 2.75) is 45.4 Å². The first-order valence-corrected chi connectivity index (χ1v) is 8.76. The molecule has 0 bridgehead atoms. The number of rotatable bonds is 6. The molecule has 0 radical (unpaired) electrons. The third kappa shape index (κ3) is 4.05. The Balaban J connectivity index is 1.51. The van der Waals surface area contributed by atoms with Crippen LogP contribution in [-0.4, -0.2) is 16.7 Å². The summed E-state index contributed by atoms with van der Waals surface area (Å²) in [7, 11) is 0. The molecule has 23 heavy (non-hydrogen) atoms. The second-order valence-electron chi connectivity index (χ2n) is 6.12. The first-order valence-electron chi connectivity index (χ1n) is 7.88. The highest BCUT2D eigenvalue weighted by atomic mass is 32.1. The number of thiazole rings is 1. The number of Topliss-reactive ketones (excluding diaryl/α,β-unsaturated/α-hetero) is 1. The summed E-state index contributed by atoms with van der Waals surface area (Å²) in [6, 6.07) is 5.65. The van der Waals surface area contributed by atoms with Crippen LogP contribution in [0.5, 0.6) is 0 Å². The molecule has 1 aliphatic carbocycles. The molecule has 1 fully saturated rings. The lowest BCUT2D eigenvalue weighted by Gasteiger charge is -2.05. The SMILES string of the molecule is Cc1ccc(C(=O)CCC(=O)Nc2nc(C3CC3)cs2)cc1C. The quantitative estimate of drug-likeness (QED) is 0.807. The number of hydrogen-bond acceptors (Lipinski definition) is 4. The number of carbonyl (C=O) groups excluding carboxylic acids is 2. The van der Waals surface area contributed by atoms with Crippen molar-refractivity contribution in [3.63, 3.8) is 0 Å². The van der Waals surface area contributed by atoms with Crippen LogP contribution in [0.2, 0.25) is 0 Å². The molecule has 0 atom stereocenters. The van der Waals surface area contributed by atoms with Gasteiger partial charge in [-0.25, -0.2) is 4.98 Å². The maximum Gasteiger partial charge on any atom is 0.226 e. The van der Waals surface area contributed by atoms with Gasteiger partial charge in [0.15, 0.2) is 10.9 Å². The van der Waals surface area contributed by atoms with E-state index in [1.807, 2.05) is 37.4 Å². The van der Waals surface area contributed by atoms with Gasteiger partial charge in [0.25, 0.3) is 0 Å². The van der Waals surface area contributed by atoms with Gasteiger partial charge in [0.05, 0.1) is 5.69 Å². The van der Waals surface area contributed by atoms with E-state index in [4.69, 9.17) is 0 Å². The van der Waals surface area contributed by atoms with E-state index in [1.165, 1.54) is 24.2 Å². The Hall–Kier alpha value is -2.01. The van der Waals surface area contributed by atoms with Gasteiger partial charge in [-0.1, -0.05) is 12.1 Å². The van der Waals surface area contributed by atoms with E-state index < -0.39 is 0 Å². The van der Waals surface area contributed by atoms with Gasteiger partial charge < -0.3 is 5.32 Å². The number of anilines is 1. The van der Waals surface area contributed by atoms with Crippen molar-refractivity contribution < 1.29 is 9.59 Å². The van der Waals surface area contributed by atoms with Crippen LogP contribution in [0.15, 0.2) is 23.6 Å². The van der Waals surface area contributed by atoms with E-state index in [2.05, 4.69) is 10.3 Å². The zero-order valence-electron chi connectivity index (χ0n) is 13.4. The fourth-order valence-corrected chi connectivity index (χ4v) is 3.19. The molecule has 0 aliphatic heterocycles. The Bertz CT molecular complexity index is 747. The molecule has 1 aromatic heterocycles. The molecule has 1 aliphatic rings. The summed E-state index contributed by atoms with van der Waals surface area (Å²) in [6.45, 7) is 4.00. The van der Waals surface area contributed by atoms with E-state index in [-0.39, 0.29) is 24.5 Å². The van der Waals surface area contributed by atoms with Crippen LogP contribution in [0, 0.1) is 13.8 Å². The summed E-state index contributed by atoms with van der Waals surface area (Å²) in [5.74, 6) is 0.434. The number of amides is 1. The minimum Gasteiger partial charge on any atom is -0.302 e. The summed E-state index contributed by atoms with van der Waals surface area (Å²) in [5.41, 5.74) is 4.01. The van der Waals surface area contributed by atoms with E-state index in [1.54, 1.807) is 0 Å². The van der Waals surface area contributed by atoms with Crippen LogP contribution in [-0.2, 0) is 4.79 Å². The summed E-state index contributed by atoms with van der Waals surface area (Å²) in [5, 5.41) is 5.43. The molecule has 1 amide bonds. The first kappa shape index (κ1) is 15.9. The Kier molecular flexibility index (Phi) is 4.57. The van der Waals surface area contributed by atoms with Crippen molar-refractivity contribution >= 4 is 28.2 Å². The van der Waals surface area contributed by atoms with Crippen LogP contribution in [0.4, 0.5) is 5.13 Å². The third-order valence-electron chi connectivity index (χ3n) is 4.17. The molecule has 3 rings (SSSR count). The zero-order valence-corrected chi connectivity index (χ0v) is 14.2. The highest BCUT2D eigenvalue weighted by Gasteiger charge is 2.26.